The number of methoxy groups -OCH3 is 1. The minimum Gasteiger partial charge on any atom is -0.481 e. The van der Waals surface area contributed by atoms with Gasteiger partial charge in [0.15, 0.2) is 0 Å². The van der Waals surface area contributed by atoms with Crippen LogP contribution in [0.3, 0.4) is 0 Å². The van der Waals surface area contributed by atoms with E-state index in [-0.39, 0.29) is 23.9 Å². The van der Waals surface area contributed by atoms with Gasteiger partial charge in [0.25, 0.3) is 0 Å². The predicted molar refractivity (Wildman–Crippen MR) is 197 cm³/mol. The molecule has 2 saturated heterocycles. The second-order valence-electron chi connectivity index (χ2n) is 13.5. The van der Waals surface area contributed by atoms with Gasteiger partial charge < -0.3 is 30.9 Å². The van der Waals surface area contributed by atoms with Crippen molar-refractivity contribution in [2.75, 3.05) is 33.3 Å². The Labute approximate surface area is 293 Å². The summed E-state index contributed by atoms with van der Waals surface area (Å²) in [4.78, 5) is 34.9. The number of carbonyl (C=O) groups is 2. The number of fused-ring (bicyclic) bond motifs is 1. The van der Waals surface area contributed by atoms with Crippen LogP contribution in [0.5, 0.6) is 5.88 Å². The van der Waals surface area contributed by atoms with Gasteiger partial charge in [0, 0.05) is 81.2 Å². The van der Waals surface area contributed by atoms with Crippen LogP contribution in [0.1, 0.15) is 47.9 Å². The highest BCUT2D eigenvalue weighted by atomic mass is 16.5. The van der Waals surface area contributed by atoms with Crippen LogP contribution in [0.25, 0.3) is 28.0 Å². The monoisotopic (exact) mass is 671 g/mol. The Kier molecular flexibility index (Phi) is 9.91. The molecule has 2 aromatic carbocycles. The van der Waals surface area contributed by atoms with Gasteiger partial charge in [-0.2, -0.15) is 0 Å². The Morgan fingerprint density at radius 2 is 1.48 bits per heavy atom. The lowest BCUT2D eigenvalue weighted by Crippen LogP contribution is -2.38. The van der Waals surface area contributed by atoms with Crippen LogP contribution in [0, 0.1) is 13.8 Å². The van der Waals surface area contributed by atoms with E-state index in [9.17, 15) is 9.59 Å². The first-order valence-electron chi connectivity index (χ1n) is 17.5. The normalized spacial score (nSPS) is 19.8. The molecule has 0 saturated carbocycles. The SMILES string of the molecule is COc1nc(-c2cccc(-c3cccc(C4=CC5=NC=C(CNC[C@@H]6CCC(=O)N6)CN5C=C4)c3C)c2C)ccc1CNC[C@@H]1CCC(=O)N1. The molecular formula is C40H45N7O3. The lowest BCUT2D eigenvalue weighted by molar-refractivity contribution is -0.120. The highest BCUT2D eigenvalue weighted by Gasteiger charge is 2.23. The summed E-state index contributed by atoms with van der Waals surface area (Å²) < 4.78 is 5.72. The van der Waals surface area contributed by atoms with E-state index in [0.717, 1.165) is 72.8 Å². The molecule has 50 heavy (non-hydrogen) atoms. The number of carbonyl (C=O) groups excluding carboxylic acids is 2. The molecule has 10 heteroatoms. The summed E-state index contributed by atoms with van der Waals surface area (Å²) in [5, 5.41) is 12.9. The maximum absolute atomic E-state index is 11.5. The molecule has 0 aliphatic carbocycles. The van der Waals surface area contributed by atoms with Gasteiger partial charge in [0.1, 0.15) is 5.84 Å². The molecular weight excluding hydrogens is 626 g/mol. The van der Waals surface area contributed by atoms with Crippen LogP contribution in [-0.4, -0.2) is 72.9 Å². The largest absolute Gasteiger partial charge is 0.481 e. The number of allylic oxidation sites excluding steroid dienone is 2. The lowest BCUT2D eigenvalue weighted by Gasteiger charge is -2.29. The van der Waals surface area contributed by atoms with Gasteiger partial charge in [-0.25, -0.2) is 9.98 Å². The number of amidine groups is 1. The summed E-state index contributed by atoms with van der Waals surface area (Å²) in [5.41, 5.74) is 11.1. The van der Waals surface area contributed by atoms with Crippen molar-refractivity contribution in [3.63, 3.8) is 0 Å². The van der Waals surface area contributed by atoms with E-state index in [2.05, 4.69) is 107 Å². The molecule has 10 nitrogen and oxygen atoms in total. The molecule has 0 bridgehead atoms. The number of amides is 2. The van der Waals surface area contributed by atoms with Crippen molar-refractivity contribution < 1.29 is 14.3 Å². The second-order valence-corrected chi connectivity index (χ2v) is 13.5. The third-order valence-corrected chi connectivity index (χ3v) is 10.1. The lowest BCUT2D eigenvalue weighted by atomic mass is 9.88. The maximum Gasteiger partial charge on any atom is 0.220 e. The van der Waals surface area contributed by atoms with Crippen LogP contribution < -0.4 is 26.0 Å². The summed E-state index contributed by atoms with van der Waals surface area (Å²) in [7, 11) is 1.66. The first-order chi connectivity index (χ1) is 24.4. The van der Waals surface area contributed by atoms with Crippen LogP contribution >= 0.6 is 0 Å². The van der Waals surface area contributed by atoms with Crippen molar-refractivity contribution >= 4 is 23.2 Å². The smallest absolute Gasteiger partial charge is 0.220 e. The number of aliphatic imine (C=N–C) groups is 1. The van der Waals surface area contributed by atoms with Gasteiger partial charge in [-0.1, -0.05) is 42.5 Å². The minimum absolute atomic E-state index is 0.124. The van der Waals surface area contributed by atoms with Gasteiger partial charge in [-0.15, -0.1) is 0 Å². The first kappa shape index (κ1) is 33.4. The van der Waals surface area contributed by atoms with Gasteiger partial charge in [-0.3, -0.25) is 9.59 Å². The van der Waals surface area contributed by atoms with Crippen molar-refractivity contribution in [1.82, 2.24) is 31.2 Å². The van der Waals surface area contributed by atoms with E-state index in [1.54, 1.807) is 7.11 Å². The number of ether oxygens (including phenoxy) is 1. The zero-order chi connectivity index (χ0) is 34.6. The third-order valence-electron chi connectivity index (χ3n) is 10.1. The minimum atomic E-state index is 0.124. The molecule has 0 unspecified atom stereocenters. The van der Waals surface area contributed by atoms with Gasteiger partial charge in [-0.05, 0) is 83.9 Å². The molecule has 0 radical (unpaired) electrons. The molecule has 2 atom stereocenters. The van der Waals surface area contributed by atoms with Crippen LogP contribution in [0.15, 0.2) is 83.6 Å². The van der Waals surface area contributed by atoms with E-state index in [1.807, 2.05) is 6.20 Å². The average Bonchev–Trinajstić information content (AvgIpc) is 3.75. The van der Waals surface area contributed by atoms with E-state index in [0.29, 0.717) is 25.3 Å². The average molecular weight is 672 g/mol. The summed E-state index contributed by atoms with van der Waals surface area (Å²) in [6.45, 7) is 7.98. The number of aromatic nitrogens is 1. The Balaban J connectivity index is 1.06. The molecule has 258 valence electrons. The number of hydrogen-bond acceptors (Lipinski definition) is 8. The van der Waals surface area contributed by atoms with Crippen LogP contribution in [0.4, 0.5) is 0 Å². The fourth-order valence-electron chi connectivity index (χ4n) is 7.27. The van der Waals surface area contributed by atoms with E-state index in [4.69, 9.17) is 14.7 Å². The molecule has 4 aliphatic heterocycles. The summed E-state index contributed by atoms with van der Waals surface area (Å²) in [6, 6.07) is 17.4. The molecule has 4 N–H and O–H groups in total. The summed E-state index contributed by atoms with van der Waals surface area (Å²) in [5.74, 6) is 1.80. The molecule has 3 aromatic rings. The van der Waals surface area contributed by atoms with Crippen LogP contribution in [0.2, 0.25) is 0 Å². The quantitative estimate of drug-likeness (QED) is 0.219. The molecule has 0 spiro atoms. The summed E-state index contributed by atoms with van der Waals surface area (Å²) >= 11 is 0. The van der Waals surface area contributed by atoms with E-state index < -0.39 is 0 Å². The van der Waals surface area contributed by atoms with Gasteiger partial charge in [0.05, 0.1) is 12.8 Å². The standard InChI is InChI=1S/C40H45N7O3/c1-25-32(28-16-17-47-24-27(20-43-37(47)18-28)19-41-22-30-11-14-38(48)44-30)6-4-7-33(25)34-8-5-9-35(26(34)2)36-13-10-29(40(46-36)50-3)21-42-23-31-12-15-39(49)45-31/h4-10,13,16-18,20,30-31,41-42H,11-12,14-15,19,21-24H2,1-3H3,(H,44,48)(H,45,49)/t30-,31-/m0/s1. The second kappa shape index (κ2) is 14.8. The highest BCUT2D eigenvalue weighted by molar-refractivity contribution is 6.05. The van der Waals surface area contributed by atoms with Gasteiger partial charge >= 0.3 is 0 Å². The fourth-order valence-corrected chi connectivity index (χ4v) is 7.27. The Bertz CT molecular complexity index is 1930. The predicted octanol–water partition coefficient (Wildman–Crippen LogP) is 4.79. The molecule has 5 heterocycles. The Morgan fingerprint density at radius 1 is 0.840 bits per heavy atom. The topological polar surface area (TPSA) is 120 Å². The van der Waals surface area contributed by atoms with Crippen LogP contribution in [-0.2, 0) is 16.1 Å². The number of hydrogen-bond donors (Lipinski definition) is 4. The van der Waals surface area contributed by atoms with E-state index in [1.165, 1.54) is 27.8 Å². The number of rotatable bonds is 12. The van der Waals surface area contributed by atoms with Crippen molar-refractivity contribution in [3.05, 3.63) is 101 Å². The number of pyridine rings is 1. The fraction of sp³-hybridized carbons (Fsp3) is 0.350. The molecule has 2 fully saturated rings. The zero-order valence-corrected chi connectivity index (χ0v) is 29.0. The third kappa shape index (κ3) is 7.27. The van der Waals surface area contributed by atoms with E-state index >= 15 is 0 Å². The zero-order valence-electron chi connectivity index (χ0n) is 29.0. The highest BCUT2D eigenvalue weighted by Crippen LogP contribution is 2.37. The molecule has 4 aliphatic rings. The number of nitrogens with zero attached hydrogens (tertiary/aromatic N) is 3. The van der Waals surface area contributed by atoms with Crippen molar-refractivity contribution in [1.29, 1.82) is 0 Å². The number of nitrogens with one attached hydrogen (secondary N) is 4. The number of benzene rings is 2. The first-order valence-corrected chi connectivity index (χ1v) is 17.5. The Morgan fingerprint density at radius 3 is 2.14 bits per heavy atom. The Hall–Kier alpha value is -5.06. The molecule has 7 rings (SSSR count). The summed E-state index contributed by atoms with van der Waals surface area (Å²) in [6.07, 6.45) is 11.4. The maximum atomic E-state index is 11.5. The van der Waals surface area contributed by atoms with Gasteiger partial charge in [0.2, 0.25) is 17.7 Å². The van der Waals surface area contributed by atoms with Crippen molar-refractivity contribution in [2.45, 2.75) is 58.2 Å². The molecule has 2 amide bonds. The van der Waals surface area contributed by atoms with Crippen molar-refractivity contribution in [2.24, 2.45) is 4.99 Å². The van der Waals surface area contributed by atoms with Crippen molar-refractivity contribution in [3.8, 4) is 28.3 Å². The molecule has 1 aromatic heterocycles.